The predicted molar refractivity (Wildman–Crippen MR) is 161 cm³/mol. The van der Waals surface area contributed by atoms with E-state index in [2.05, 4.69) is 5.32 Å². The lowest BCUT2D eigenvalue weighted by atomic mass is 9.95. The van der Waals surface area contributed by atoms with Gasteiger partial charge in [-0.25, -0.2) is 13.2 Å². The number of benzene rings is 3. The number of halogens is 2. The first kappa shape index (κ1) is 31.5. The van der Waals surface area contributed by atoms with Gasteiger partial charge < -0.3 is 15.3 Å². The Kier molecular flexibility index (Phi) is 9.32. The normalized spacial score (nSPS) is 17.9. The quantitative estimate of drug-likeness (QED) is 0.352. The first-order chi connectivity index (χ1) is 19.7. The molecule has 0 bridgehead atoms. The number of carbonyl (C=O) groups is 3. The summed E-state index contributed by atoms with van der Waals surface area (Å²) in [6, 6.07) is 16.9. The van der Waals surface area contributed by atoms with Gasteiger partial charge in [-0.2, -0.15) is 4.31 Å². The van der Waals surface area contributed by atoms with Crippen LogP contribution in [0.15, 0.2) is 71.6 Å². The van der Waals surface area contributed by atoms with Crippen molar-refractivity contribution in [3.05, 3.63) is 87.9 Å². The highest BCUT2D eigenvalue weighted by Gasteiger charge is 2.50. The van der Waals surface area contributed by atoms with Crippen molar-refractivity contribution in [2.45, 2.75) is 42.7 Å². The number of hydrogen-bond acceptors (Lipinski definition) is 5. The molecule has 2 N–H and O–H groups in total. The van der Waals surface area contributed by atoms with Gasteiger partial charge in [0.05, 0.1) is 4.90 Å². The summed E-state index contributed by atoms with van der Waals surface area (Å²) < 4.78 is 28.1. The number of aliphatic carboxylic acids is 1. The van der Waals surface area contributed by atoms with E-state index < -0.39 is 33.5 Å². The van der Waals surface area contributed by atoms with Gasteiger partial charge in [0.1, 0.15) is 11.6 Å². The van der Waals surface area contributed by atoms with Gasteiger partial charge in [0.25, 0.3) is 5.91 Å². The van der Waals surface area contributed by atoms with E-state index in [1.807, 2.05) is 12.1 Å². The van der Waals surface area contributed by atoms with Crippen LogP contribution in [0.5, 0.6) is 0 Å². The molecule has 0 radical (unpaired) electrons. The van der Waals surface area contributed by atoms with Crippen molar-refractivity contribution >= 4 is 51.0 Å². The molecule has 1 aliphatic rings. The van der Waals surface area contributed by atoms with E-state index in [0.29, 0.717) is 17.5 Å². The van der Waals surface area contributed by atoms with Crippen LogP contribution in [0.4, 0.5) is 0 Å². The van der Waals surface area contributed by atoms with Gasteiger partial charge in [-0.15, -0.1) is 0 Å². The van der Waals surface area contributed by atoms with Crippen LogP contribution in [-0.4, -0.2) is 72.7 Å². The molecule has 3 aromatic rings. The Morgan fingerprint density at radius 1 is 1.02 bits per heavy atom. The minimum atomic E-state index is -4.17. The lowest BCUT2D eigenvalue weighted by Gasteiger charge is -2.34. The van der Waals surface area contributed by atoms with Crippen LogP contribution >= 0.6 is 23.2 Å². The molecule has 1 heterocycles. The maximum Gasteiger partial charge on any atom is 0.326 e. The zero-order valence-corrected chi connectivity index (χ0v) is 25.6. The molecule has 1 saturated heterocycles. The molecule has 1 fully saturated rings. The van der Waals surface area contributed by atoms with Gasteiger partial charge >= 0.3 is 5.97 Å². The Morgan fingerprint density at radius 3 is 2.24 bits per heavy atom. The molecule has 12 heteroatoms. The molecule has 2 amide bonds. The fourth-order valence-corrected chi connectivity index (χ4v) is 7.62. The molecule has 2 atom stereocenters. The predicted octanol–water partition coefficient (Wildman–Crippen LogP) is 4.72. The minimum absolute atomic E-state index is 0.0354. The average molecular weight is 633 g/mol. The third-order valence-electron chi connectivity index (χ3n) is 7.36. The largest absolute Gasteiger partial charge is 0.480 e. The second kappa shape index (κ2) is 12.4. The maximum atomic E-state index is 13.5. The van der Waals surface area contributed by atoms with Crippen molar-refractivity contribution < 1.29 is 27.9 Å². The smallest absolute Gasteiger partial charge is 0.326 e. The Morgan fingerprint density at radius 2 is 1.64 bits per heavy atom. The molecule has 42 heavy (non-hydrogen) atoms. The van der Waals surface area contributed by atoms with Crippen LogP contribution in [0.1, 0.15) is 35.7 Å². The van der Waals surface area contributed by atoms with E-state index in [-0.39, 0.29) is 40.2 Å². The van der Waals surface area contributed by atoms with Crippen molar-refractivity contribution in [2.75, 3.05) is 20.6 Å². The molecule has 1 aliphatic heterocycles. The summed E-state index contributed by atoms with van der Waals surface area (Å²) in [5.41, 5.74) is 1.17. The van der Waals surface area contributed by atoms with Gasteiger partial charge in [-0.3, -0.25) is 9.59 Å². The van der Waals surface area contributed by atoms with Crippen molar-refractivity contribution in [3.8, 4) is 11.1 Å². The highest BCUT2D eigenvalue weighted by atomic mass is 35.5. The zero-order valence-electron chi connectivity index (χ0n) is 23.3. The first-order valence-corrected chi connectivity index (χ1v) is 15.4. The Hall–Kier alpha value is -3.44. The van der Waals surface area contributed by atoms with Gasteiger partial charge in [-0.1, -0.05) is 65.7 Å². The number of nitrogens with one attached hydrogen (secondary N) is 1. The average Bonchev–Trinajstić information content (AvgIpc) is 3.35. The topological polar surface area (TPSA) is 124 Å². The summed E-state index contributed by atoms with van der Waals surface area (Å²) in [5.74, 6) is -2.11. The molecular weight excluding hydrogens is 601 g/mol. The summed E-state index contributed by atoms with van der Waals surface area (Å²) in [6.07, 6.45) is 0.583. The number of carboxylic acids is 1. The van der Waals surface area contributed by atoms with Crippen molar-refractivity contribution in [3.63, 3.8) is 0 Å². The monoisotopic (exact) mass is 631 g/mol. The van der Waals surface area contributed by atoms with E-state index in [0.717, 1.165) is 15.4 Å². The lowest BCUT2D eigenvalue weighted by Crippen LogP contribution is -2.58. The number of rotatable bonds is 9. The van der Waals surface area contributed by atoms with E-state index in [1.165, 1.54) is 30.0 Å². The number of nitrogens with zero attached hydrogens (tertiary/aromatic N) is 2. The fourth-order valence-electron chi connectivity index (χ4n) is 5.09. The molecule has 4 rings (SSSR count). The molecule has 0 saturated carbocycles. The van der Waals surface area contributed by atoms with Crippen LogP contribution in [0.25, 0.3) is 11.1 Å². The van der Waals surface area contributed by atoms with E-state index >= 15 is 0 Å². The molecule has 1 unspecified atom stereocenters. The van der Waals surface area contributed by atoms with Crippen LogP contribution in [0, 0.1) is 0 Å². The summed E-state index contributed by atoms with van der Waals surface area (Å²) in [4.78, 5) is 39.7. The van der Waals surface area contributed by atoms with Crippen molar-refractivity contribution in [1.29, 1.82) is 0 Å². The summed E-state index contributed by atoms with van der Waals surface area (Å²) >= 11 is 12.1. The van der Waals surface area contributed by atoms with E-state index in [1.54, 1.807) is 50.5 Å². The fraction of sp³-hybridized carbons (Fsp3) is 0.300. The number of hydrogen-bond donors (Lipinski definition) is 2. The number of amides is 2. The van der Waals surface area contributed by atoms with Crippen LogP contribution in [-0.2, 0) is 26.0 Å². The Labute approximate surface area is 255 Å². The van der Waals surface area contributed by atoms with E-state index in [9.17, 15) is 27.9 Å². The second-order valence-corrected chi connectivity index (χ2v) is 13.3. The van der Waals surface area contributed by atoms with Gasteiger partial charge in [-0.05, 0) is 60.7 Å². The molecule has 3 aromatic carbocycles. The van der Waals surface area contributed by atoms with Gasteiger partial charge in [0.15, 0.2) is 0 Å². The highest BCUT2D eigenvalue weighted by molar-refractivity contribution is 7.89. The Bertz CT molecular complexity index is 1610. The molecule has 222 valence electrons. The maximum absolute atomic E-state index is 13.5. The second-order valence-electron chi connectivity index (χ2n) is 10.6. The minimum Gasteiger partial charge on any atom is -0.480 e. The van der Waals surface area contributed by atoms with Crippen LogP contribution < -0.4 is 5.32 Å². The van der Waals surface area contributed by atoms with Crippen molar-refractivity contribution in [1.82, 2.24) is 14.5 Å². The molecule has 0 aliphatic carbocycles. The van der Waals surface area contributed by atoms with Crippen LogP contribution in [0.3, 0.4) is 0 Å². The number of sulfonamides is 1. The first-order valence-electron chi connectivity index (χ1n) is 13.2. The van der Waals surface area contributed by atoms with Crippen molar-refractivity contribution in [2.24, 2.45) is 0 Å². The lowest BCUT2D eigenvalue weighted by molar-refractivity contribution is -0.143. The molecule has 9 nitrogen and oxygen atoms in total. The summed E-state index contributed by atoms with van der Waals surface area (Å²) in [5, 5.41) is 12.8. The Balaban J connectivity index is 1.54. The number of carbonyl (C=O) groups excluding carboxylic acids is 2. The summed E-state index contributed by atoms with van der Waals surface area (Å²) in [7, 11) is -0.815. The highest BCUT2D eigenvalue weighted by Crippen LogP contribution is 2.36. The third-order valence-corrected chi connectivity index (χ3v) is 9.79. The van der Waals surface area contributed by atoms with E-state index in [4.69, 9.17) is 23.2 Å². The van der Waals surface area contributed by atoms with Crippen LogP contribution in [0.2, 0.25) is 10.0 Å². The molecular formula is C30H31Cl2N3O6S. The zero-order chi connectivity index (χ0) is 30.8. The number of carboxylic acid groups (broad SMARTS) is 1. The summed E-state index contributed by atoms with van der Waals surface area (Å²) in [6.45, 7) is 1.56. The standard InChI is InChI=1S/C30H31Cl2N3O6S/c1-30(13-6-14-35(30)42(40,41)23-17-21(31)16-22(32)18-23)29(39)33-26(28(37)38)15-19-9-11-20(12-10-19)24-7-4-5-8-25(24)27(36)34(2)3/h4-5,7-12,16-18,26H,6,13-15H2,1-3H3,(H,33,39)(H,37,38)/t26?,30-/m0/s1. The molecule has 0 aromatic heterocycles. The third kappa shape index (κ3) is 6.47. The molecule has 0 spiro atoms. The SMILES string of the molecule is CN(C)C(=O)c1ccccc1-c1ccc(CC(NC(=O)[C@]2(C)CCCN2S(=O)(=O)c2cc(Cl)cc(Cl)c2)C(=O)O)cc1. The van der Waals surface area contributed by atoms with Gasteiger partial charge in [0, 0.05) is 42.7 Å². The van der Waals surface area contributed by atoms with Gasteiger partial charge in [0.2, 0.25) is 15.9 Å².